The van der Waals surface area contributed by atoms with E-state index in [1.807, 2.05) is 32.0 Å². The Labute approximate surface area is 137 Å². The monoisotopic (exact) mass is 367 g/mol. The third kappa shape index (κ3) is 2.99. The molecule has 0 saturated carbocycles. The van der Waals surface area contributed by atoms with E-state index in [-0.39, 0.29) is 5.97 Å². The van der Waals surface area contributed by atoms with Gasteiger partial charge in [0, 0.05) is 14.9 Å². The van der Waals surface area contributed by atoms with Gasteiger partial charge in [-0.3, -0.25) is 0 Å². The largest absolute Gasteiger partial charge is 0.462 e. The summed E-state index contributed by atoms with van der Waals surface area (Å²) in [7, 11) is 0. The van der Waals surface area contributed by atoms with E-state index >= 15 is 0 Å². The van der Waals surface area contributed by atoms with Crippen molar-refractivity contribution in [1.82, 2.24) is 0 Å². The van der Waals surface area contributed by atoms with Crippen molar-refractivity contribution < 1.29 is 9.53 Å². The molecule has 1 aromatic heterocycles. The molecule has 0 radical (unpaired) electrons. The first-order valence-corrected chi connectivity index (χ1v) is 8.45. The number of ether oxygens (including phenoxy) is 1. The van der Waals surface area contributed by atoms with E-state index in [0.717, 1.165) is 32.5 Å². The third-order valence-electron chi connectivity index (χ3n) is 3.30. The fourth-order valence-corrected chi connectivity index (χ4v) is 4.05. The van der Waals surface area contributed by atoms with Crippen molar-refractivity contribution in [3.05, 3.63) is 38.7 Å². The maximum Gasteiger partial charge on any atom is 0.350 e. The molecule has 2 aromatic rings. The zero-order valence-electron chi connectivity index (χ0n) is 12.3. The number of aryl methyl sites for hydroxylation is 1. The molecule has 0 fully saturated rings. The van der Waals surface area contributed by atoms with E-state index in [0.29, 0.717) is 17.2 Å². The van der Waals surface area contributed by atoms with Crippen LogP contribution in [-0.2, 0) is 11.2 Å². The van der Waals surface area contributed by atoms with E-state index < -0.39 is 0 Å². The molecule has 2 rings (SSSR count). The first kappa shape index (κ1) is 16.0. The summed E-state index contributed by atoms with van der Waals surface area (Å²) in [5.74, 6) is -0.343. The van der Waals surface area contributed by atoms with Gasteiger partial charge in [-0.15, -0.1) is 11.3 Å². The first-order valence-electron chi connectivity index (χ1n) is 6.84. The quantitative estimate of drug-likeness (QED) is 0.788. The normalized spacial score (nSPS) is 10.7. The number of halogens is 1. The Morgan fingerprint density at radius 2 is 2.10 bits per heavy atom. The second kappa shape index (κ2) is 6.62. The molecule has 112 valence electrons. The highest BCUT2D eigenvalue weighted by molar-refractivity contribution is 9.10. The van der Waals surface area contributed by atoms with Crippen LogP contribution in [0.15, 0.2) is 22.7 Å². The van der Waals surface area contributed by atoms with Gasteiger partial charge in [0.1, 0.15) is 4.88 Å². The lowest BCUT2D eigenvalue weighted by atomic mass is 10.0. The summed E-state index contributed by atoms with van der Waals surface area (Å²) in [5.41, 5.74) is 9.94. The number of hydrogen-bond acceptors (Lipinski definition) is 4. The smallest absolute Gasteiger partial charge is 0.350 e. The van der Waals surface area contributed by atoms with Gasteiger partial charge in [0.15, 0.2) is 0 Å². The molecule has 0 bridgehead atoms. The van der Waals surface area contributed by atoms with E-state index in [4.69, 9.17) is 10.5 Å². The first-order chi connectivity index (χ1) is 10.0. The SMILES string of the molecule is CCOC(=O)c1sc(-c2cccc(C)c2Br)c(CC)c1N. The highest BCUT2D eigenvalue weighted by Crippen LogP contribution is 2.42. The van der Waals surface area contributed by atoms with Gasteiger partial charge in [0.25, 0.3) is 0 Å². The van der Waals surface area contributed by atoms with Gasteiger partial charge in [0.2, 0.25) is 0 Å². The molecule has 0 saturated heterocycles. The number of hydrogen-bond donors (Lipinski definition) is 1. The average molecular weight is 368 g/mol. The molecule has 0 aliphatic rings. The molecule has 1 heterocycles. The Hall–Kier alpha value is -1.33. The molecule has 21 heavy (non-hydrogen) atoms. The lowest BCUT2D eigenvalue weighted by molar-refractivity contribution is 0.0533. The van der Waals surface area contributed by atoms with Gasteiger partial charge in [0.05, 0.1) is 12.3 Å². The van der Waals surface area contributed by atoms with Crippen molar-refractivity contribution in [1.29, 1.82) is 0 Å². The number of esters is 1. The molecule has 1 aromatic carbocycles. The summed E-state index contributed by atoms with van der Waals surface area (Å²) in [5, 5.41) is 0. The van der Waals surface area contributed by atoms with E-state index in [1.165, 1.54) is 11.3 Å². The standard InChI is InChI=1S/C16H18BrNO2S/c1-4-10-13(18)15(16(19)20-5-2)21-14(10)11-8-6-7-9(3)12(11)17/h6-8H,4-5,18H2,1-3H3. The number of anilines is 1. The van der Waals surface area contributed by atoms with Crippen LogP contribution in [0.2, 0.25) is 0 Å². The minimum atomic E-state index is -0.343. The number of rotatable bonds is 4. The topological polar surface area (TPSA) is 52.3 Å². The Morgan fingerprint density at radius 3 is 2.71 bits per heavy atom. The predicted octanol–water partition coefficient (Wildman–Crippen LogP) is 4.81. The lowest BCUT2D eigenvalue weighted by Gasteiger charge is -2.07. The highest BCUT2D eigenvalue weighted by atomic mass is 79.9. The van der Waals surface area contributed by atoms with Crippen molar-refractivity contribution in [2.24, 2.45) is 0 Å². The molecule has 0 aliphatic carbocycles. The molecule has 5 heteroatoms. The van der Waals surface area contributed by atoms with Crippen LogP contribution in [0.4, 0.5) is 5.69 Å². The highest BCUT2D eigenvalue weighted by Gasteiger charge is 2.22. The van der Waals surface area contributed by atoms with Crippen LogP contribution in [0, 0.1) is 6.92 Å². The Bertz CT molecular complexity index is 679. The number of nitrogens with two attached hydrogens (primary N) is 1. The van der Waals surface area contributed by atoms with Crippen LogP contribution in [0.25, 0.3) is 10.4 Å². The molecule has 0 amide bonds. The molecule has 0 spiro atoms. The van der Waals surface area contributed by atoms with Crippen molar-refractivity contribution in [2.75, 3.05) is 12.3 Å². The third-order valence-corrected chi connectivity index (χ3v) is 5.61. The van der Waals surface area contributed by atoms with Gasteiger partial charge >= 0.3 is 5.97 Å². The Kier molecular flexibility index (Phi) is 5.06. The zero-order chi connectivity index (χ0) is 15.6. The number of carbonyl (C=O) groups is 1. The fraction of sp³-hybridized carbons (Fsp3) is 0.312. The van der Waals surface area contributed by atoms with Crippen molar-refractivity contribution in [2.45, 2.75) is 27.2 Å². The Morgan fingerprint density at radius 1 is 1.38 bits per heavy atom. The molecule has 0 unspecified atom stereocenters. The van der Waals surface area contributed by atoms with Crippen molar-refractivity contribution >= 4 is 38.9 Å². The minimum absolute atomic E-state index is 0.343. The fourth-order valence-electron chi connectivity index (χ4n) is 2.22. The van der Waals surface area contributed by atoms with Crippen LogP contribution in [-0.4, -0.2) is 12.6 Å². The summed E-state index contributed by atoms with van der Waals surface area (Å²) < 4.78 is 6.13. The van der Waals surface area contributed by atoms with E-state index in [9.17, 15) is 4.79 Å². The molecule has 2 N–H and O–H groups in total. The van der Waals surface area contributed by atoms with Crippen LogP contribution in [0.5, 0.6) is 0 Å². The maximum atomic E-state index is 12.0. The van der Waals surface area contributed by atoms with Crippen LogP contribution < -0.4 is 5.73 Å². The zero-order valence-corrected chi connectivity index (χ0v) is 14.7. The van der Waals surface area contributed by atoms with Gasteiger partial charge in [-0.2, -0.15) is 0 Å². The number of nitrogen functional groups attached to an aromatic ring is 1. The summed E-state index contributed by atoms with van der Waals surface area (Å²) in [6.07, 6.45) is 0.775. The van der Waals surface area contributed by atoms with Crippen LogP contribution in [0.3, 0.4) is 0 Å². The summed E-state index contributed by atoms with van der Waals surface area (Å²) in [6.45, 7) is 6.23. The summed E-state index contributed by atoms with van der Waals surface area (Å²) >= 11 is 5.04. The Balaban J connectivity index is 2.61. The molecular weight excluding hydrogens is 350 g/mol. The van der Waals surface area contributed by atoms with E-state index in [1.54, 1.807) is 6.92 Å². The van der Waals surface area contributed by atoms with E-state index in [2.05, 4.69) is 15.9 Å². The van der Waals surface area contributed by atoms with Crippen LogP contribution in [0.1, 0.15) is 34.6 Å². The van der Waals surface area contributed by atoms with Gasteiger partial charge in [-0.25, -0.2) is 4.79 Å². The van der Waals surface area contributed by atoms with Gasteiger partial charge in [-0.1, -0.05) is 25.1 Å². The van der Waals surface area contributed by atoms with Crippen LogP contribution >= 0.6 is 27.3 Å². The summed E-state index contributed by atoms with van der Waals surface area (Å²) in [6, 6.07) is 6.09. The molecule has 0 aliphatic heterocycles. The van der Waals surface area contributed by atoms with Gasteiger partial charge in [-0.05, 0) is 47.3 Å². The molecule has 0 atom stereocenters. The average Bonchev–Trinajstić information content (AvgIpc) is 2.79. The number of benzene rings is 1. The lowest BCUT2D eigenvalue weighted by Crippen LogP contribution is -2.05. The molecule has 3 nitrogen and oxygen atoms in total. The minimum Gasteiger partial charge on any atom is -0.462 e. The summed E-state index contributed by atoms with van der Waals surface area (Å²) in [4.78, 5) is 13.6. The predicted molar refractivity (Wildman–Crippen MR) is 91.9 cm³/mol. The molecular formula is C16H18BrNO2S. The van der Waals surface area contributed by atoms with Crippen molar-refractivity contribution in [3.63, 3.8) is 0 Å². The number of carbonyl (C=O) groups excluding carboxylic acids is 1. The second-order valence-corrected chi connectivity index (χ2v) is 6.48. The maximum absolute atomic E-state index is 12.0. The van der Waals surface area contributed by atoms with Gasteiger partial charge < -0.3 is 10.5 Å². The van der Waals surface area contributed by atoms with Crippen molar-refractivity contribution in [3.8, 4) is 10.4 Å². The second-order valence-electron chi connectivity index (χ2n) is 4.66. The number of thiophene rings is 1.